The van der Waals surface area contributed by atoms with Crippen LogP contribution in [0.5, 0.6) is 5.75 Å². The van der Waals surface area contributed by atoms with E-state index in [1.54, 1.807) is 30.5 Å². The minimum Gasteiger partial charge on any atom is -0.495 e. The number of methoxy groups -OCH3 is 1. The lowest BCUT2D eigenvalue weighted by Crippen LogP contribution is -2.46. The molecular weight excluding hydrogens is 496 g/mol. The quantitative estimate of drug-likeness (QED) is 0.330. The second-order valence-corrected chi connectivity index (χ2v) is 11.1. The summed E-state index contributed by atoms with van der Waals surface area (Å²) < 4.78 is 34.9. The van der Waals surface area contributed by atoms with Crippen LogP contribution >= 0.6 is 0 Å². The largest absolute Gasteiger partial charge is 0.495 e. The van der Waals surface area contributed by atoms with E-state index in [1.807, 2.05) is 30.3 Å². The van der Waals surface area contributed by atoms with E-state index in [1.165, 1.54) is 12.7 Å². The van der Waals surface area contributed by atoms with Crippen LogP contribution in [0.15, 0.2) is 96.5 Å². The van der Waals surface area contributed by atoms with Crippen LogP contribution in [0.2, 0.25) is 0 Å². The lowest BCUT2D eigenvalue weighted by molar-refractivity contribution is 0.136. The minimum absolute atomic E-state index is 0.119. The second kappa shape index (κ2) is 10.8. The molecule has 7 nitrogen and oxygen atoms in total. The molecule has 1 unspecified atom stereocenters. The maximum absolute atomic E-state index is 13.3. The molecule has 5 rings (SSSR count). The number of anilines is 1. The Hall–Kier alpha value is -3.88. The van der Waals surface area contributed by atoms with Gasteiger partial charge in [0.2, 0.25) is 0 Å². The molecule has 1 aromatic heterocycles. The Labute approximate surface area is 224 Å². The highest BCUT2D eigenvalue weighted by atomic mass is 32.2. The molecule has 0 aliphatic carbocycles. The molecule has 38 heavy (non-hydrogen) atoms. The molecule has 196 valence electrons. The van der Waals surface area contributed by atoms with Crippen molar-refractivity contribution in [2.75, 3.05) is 38.0 Å². The molecule has 8 heteroatoms. The standard InChI is InChI=1S/C30H32N4O3S/c1-22(24-9-5-4-6-10-24)33-17-19-34(20-18-33)23(2)26-14-15-27(28(21-26)37-3)32-38(35,36)29-13-7-11-25-12-8-16-31-30(25)29/h4-16,21-22,32H,2,17-20H2,1,3H3. The summed E-state index contributed by atoms with van der Waals surface area (Å²) in [4.78, 5) is 9.16. The zero-order chi connectivity index (χ0) is 26.7. The van der Waals surface area contributed by atoms with Gasteiger partial charge >= 0.3 is 0 Å². The van der Waals surface area contributed by atoms with Crippen molar-refractivity contribution < 1.29 is 13.2 Å². The van der Waals surface area contributed by atoms with Crippen molar-refractivity contribution in [2.24, 2.45) is 0 Å². The summed E-state index contributed by atoms with van der Waals surface area (Å²) in [7, 11) is -2.36. The van der Waals surface area contributed by atoms with E-state index in [0.29, 0.717) is 23.0 Å². The summed E-state index contributed by atoms with van der Waals surface area (Å²) in [6, 6.07) is 25.1. The van der Waals surface area contributed by atoms with E-state index in [0.717, 1.165) is 42.8 Å². The Bertz CT molecular complexity index is 1540. The van der Waals surface area contributed by atoms with Crippen molar-refractivity contribution in [2.45, 2.75) is 17.9 Å². The number of ether oxygens (including phenoxy) is 1. The van der Waals surface area contributed by atoms with Gasteiger partial charge in [-0.05, 0) is 36.8 Å². The molecular formula is C30H32N4O3S. The molecule has 0 radical (unpaired) electrons. The van der Waals surface area contributed by atoms with Gasteiger partial charge in [-0.2, -0.15) is 0 Å². The SMILES string of the molecule is C=C(c1ccc(NS(=O)(=O)c2cccc3cccnc23)c(OC)c1)N1CCN(C(C)c2ccccc2)CC1. The highest BCUT2D eigenvalue weighted by molar-refractivity contribution is 7.93. The van der Waals surface area contributed by atoms with Crippen molar-refractivity contribution in [3.8, 4) is 5.75 Å². The number of nitrogens with zero attached hydrogens (tertiary/aromatic N) is 3. The minimum atomic E-state index is -3.89. The van der Waals surface area contributed by atoms with Gasteiger partial charge in [-0.25, -0.2) is 8.42 Å². The van der Waals surface area contributed by atoms with E-state index in [2.05, 4.69) is 57.3 Å². The number of hydrogen-bond acceptors (Lipinski definition) is 6. The van der Waals surface area contributed by atoms with Crippen molar-refractivity contribution >= 4 is 32.3 Å². The molecule has 1 saturated heterocycles. The Morgan fingerprint density at radius 1 is 0.974 bits per heavy atom. The van der Waals surface area contributed by atoms with E-state index in [9.17, 15) is 8.42 Å². The average molecular weight is 529 g/mol. The zero-order valence-corrected chi connectivity index (χ0v) is 22.5. The van der Waals surface area contributed by atoms with Gasteiger partial charge < -0.3 is 9.64 Å². The number of aromatic nitrogens is 1. The molecule has 1 aliphatic rings. The topological polar surface area (TPSA) is 74.8 Å². The number of sulfonamides is 1. The van der Waals surface area contributed by atoms with Gasteiger partial charge in [0.1, 0.15) is 10.6 Å². The smallest absolute Gasteiger partial charge is 0.264 e. The van der Waals surface area contributed by atoms with Crippen LogP contribution in [0.4, 0.5) is 5.69 Å². The normalized spacial score (nSPS) is 15.3. The third-order valence-corrected chi connectivity index (χ3v) is 8.59. The van der Waals surface area contributed by atoms with Gasteiger partial charge in [0, 0.05) is 55.1 Å². The third kappa shape index (κ3) is 5.23. The van der Waals surface area contributed by atoms with Crippen LogP contribution in [0.1, 0.15) is 24.1 Å². The van der Waals surface area contributed by atoms with Gasteiger partial charge in [0.05, 0.1) is 18.3 Å². The number of rotatable bonds is 8. The fourth-order valence-electron chi connectivity index (χ4n) is 4.95. The summed E-state index contributed by atoms with van der Waals surface area (Å²) in [5, 5.41) is 0.757. The molecule has 1 atom stereocenters. The van der Waals surface area contributed by atoms with E-state index in [4.69, 9.17) is 4.74 Å². The highest BCUT2D eigenvalue weighted by Crippen LogP contribution is 2.33. The van der Waals surface area contributed by atoms with Crippen LogP contribution in [-0.2, 0) is 10.0 Å². The van der Waals surface area contributed by atoms with E-state index in [-0.39, 0.29) is 4.90 Å². The third-order valence-electron chi connectivity index (χ3n) is 7.19. The van der Waals surface area contributed by atoms with Gasteiger partial charge in [0.25, 0.3) is 10.0 Å². The first kappa shape index (κ1) is 25.8. The maximum Gasteiger partial charge on any atom is 0.264 e. The number of fused-ring (bicyclic) bond motifs is 1. The molecule has 1 aliphatic heterocycles. The summed E-state index contributed by atoms with van der Waals surface area (Å²) in [6.07, 6.45) is 1.59. The average Bonchev–Trinajstić information content (AvgIpc) is 2.96. The number of para-hydroxylation sites is 1. The number of benzene rings is 3. The summed E-state index contributed by atoms with van der Waals surface area (Å²) >= 11 is 0. The molecule has 0 saturated carbocycles. The number of nitrogens with one attached hydrogen (secondary N) is 1. The predicted molar refractivity (Wildman–Crippen MR) is 153 cm³/mol. The Kier molecular flexibility index (Phi) is 7.35. The van der Waals surface area contributed by atoms with Crippen LogP contribution in [0.25, 0.3) is 16.6 Å². The first-order valence-electron chi connectivity index (χ1n) is 12.7. The Morgan fingerprint density at radius 2 is 1.71 bits per heavy atom. The van der Waals surface area contributed by atoms with E-state index >= 15 is 0 Å². The lowest BCUT2D eigenvalue weighted by atomic mass is 10.1. The zero-order valence-electron chi connectivity index (χ0n) is 21.7. The molecule has 3 aromatic carbocycles. The molecule has 0 spiro atoms. The predicted octanol–water partition coefficient (Wildman–Crippen LogP) is 5.39. The first-order chi connectivity index (χ1) is 18.4. The van der Waals surface area contributed by atoms with Gasteiger partial charge in [0.15, 0.2) is 0 Å². The van der Waals surface area contributed by atoms with Crippen LogP contribution in [-0.4, -0.2) is 56.5 Å². The van der Waals surface area contributed by atoms with Crippen molar-refractivity contribution in [1.29, 1.82) is 0 Å². The molecule has 1 N–H and O–H groups in total. The summed E-state index contributed by atoms with van der Waals surface area (Å²) in [5.74, 6) is 0.428. The molecule has 1 fully saturated rings. The van der Waals surface area contributed by atoms with Crippen LogP contribution in [0.3, 0.4) is 0 Å². The van der Waals surface area contributed by atoms with Gasteiger partial charge in [-0.3, -0.25) is 14.6 Å². The van der Waals surface area contributed by atoms with Crippen LogP contribution in [0, 0.1) is 0 Å². The Balaban J connectivity index is 1.30. The van der Waals surface area contributed by atoms with Gasteiger partial charge in [-0.15, -0.1) is 0 Å². The maximum atomic E-state index is 13.3. The van der Waals surface area contributed by atoms with Gasteiger partial charge in [-0.1, -0.05) is 61.2 Å². The Morgan fingerprint density at radius 3 is 2.45 bits per heavy atom. The fraction of sp³-hybridized carbons (Fsp3) is 0.233. The van der Waals surface area contributed by atoms with E-state index < -0.39 is 10.0 Å². The summed E-state index contributed by atoms with van der Waals surface area (Å²) in [5.41, 5.74) is 3.89. The number of hydrogen-bond donors (Lipinski definition) is 1. The molecule has 4 aromatic rings. The van der Waals surface area contributed by atoms with Crippen molar-refractivity contribution in [3.05, 3.63) is 103 Å². The highest BCUT2D eigenvalue weighted by Gasteiger charge is 2.24. The number of piperazine rings is 1. The van der Waals surface area contributed by atoms with Crippen molar-refractivity contribution in [3.63, 3.8) is 0 Å². The fourth-order valence-corrected chi connectivity index (χ4v) is 6.20. The lowest BCUT2D eigenvalue weighted by Gasteiger charge is -2.40. The number of pyridine rings is 1. The second-order valence-electron chi connectivity index (χ2n) is 9.41. The summed E-state index contributed by atoms with van der Waals surface area (Å²) in [6.45, 7) is 10.2. The molecule has 2 heterocycles. The monoisotopic (exact) mass is 528 g/mol. The molecule has 0 amide bonds. The first-order valence-corrected chi connectivity index (χ1v) is 14.1. The molecule has 0 bridgehead atoms. The van der Waals surface area contributed by atoms with Crippen molar-refractivity contribution in [1.82, 2.24) is 14.8 Å². The van der Waals surface area contributed by atoms with Crippen LogP contribution < -0.4 is 9.46 Å².